The highest BCUT2D eigenvalue weighted by Gasteiger charge is 2.16. The molecule has 0 heterocycles. The second-order valence-electron chi connectivity index (χ2n) is 7.70. The van der Waals surface area contributed by atoms with E-state index in [1.54, 1.807) is 30.3 Å². The minimum atomic E-state index is -0.511. The van der Waals surface area contributed by atoms with Crippen LogP contribution in [0.15, 0.2) is 82.9 Å². The van der Waals surface area contributed by atoms with Crippen molar-refractivity contribution in [1.29, 1.82) is 0 Å². The molecule has 0 aliphatic rings. The summed E-state index contributed by atoms with van der Waals surface area (Å²) in [5.41, 5.74) is 5.20. The van der Waals surface area contributed by atoms with Crippen LogP contribution in [0.3, 0.4) is 0 Å². The maximum absolute atomic E-state index is 12.3. The van der Waals surface area contributed by atoms with E-state index in [0.29, 0.717) is 42.3 Å². The number of carbonyl (C=O) groups is 1. The first kappa shape index (κ1) is 26.6. The molecule has 3 aromatic rings. The number of allylic oxidation sites excluding steroid dienone is 1. The van der Waals surface area contributed by atoms with E-state index in [2.05, 4.69) is 33.0 Å². The standard InChI is InChI=1S/C27H26BrN3O5/c1-3-7-22-14-20(17-29-30-26(32)16-21-8-5-6-9-24(21)31(33)34)15-25(35-4-2)27(22)36-18-19-10-12-23(28)13-11-19/h3,5-6,8-15,17H,1,4,7,16,18H2,2H3,(H,30,32)/b29-17+. The van der Waals surface area contributed by atoms with Crippen LogP contribution in [-0.4, -0.2) is 23.7 Å². The smallest absolute Gasteiger partial charge is 0.273 e. The molecule has 8 nitrogen and oxygen atoms in total. The number of ether oxygens (including phenoxy) is 2. The predicted molar refractivity (Wildman–Crippen MR) is 143 cm³/mol. The number of nitrogens with one attached hydrogen (secondary N) is 1. The van der Waals surface area contributed by atoms with E-state index in [1.165, 1.54) is 12.3 Å². The van der Waals surface area contributed by atoms with Gasteiger partial charge in [-0.3, -0.25) is 14.9 Å². The van der Waals surface area contributed by atoms with E-state index >= 15 is 0 Å². The van der Waals surface area contributed by atoms with Gasteiger partial charge < -0.3 is 9.47 Å². The van der Waals surface area contributed by atoms with Gasteiger partial charge in [0.25, 0.3) is 5.69 Å². The molecule has 9 heteroatoms. The Hall–Kier alpha value is -3.98. The van der Waals surface area contributed by atoms with Crippen molar-refractivity contribution in [2.24, 2.45) is 5.10 Å². The number of hydrogen-bond donors (Lipinski definition) is 1. The van der Waals surface area contributed by atoms with Crippen LogP contribution in [0.2, 0.25) is 0 Å². The Bertz CT molecular complexity index is 1260. The number of hydrogen-bond acceptors (Lipinski definition) is 6. The fourth-order valence-electron chi connectivity index (χ4n) is 3.46. The minimum Gasteiger partial charge on any atom is -0.490 e. The molecular weight excluding hydrogens is 526 g/mol. The molecule has 0 aliphatic carbocycles. The lowest BCUT2D eigenvalue weighted by Crippen LogP contribution is -2.20. The number of amides is 1. The number of nitro benzene ring substituents is 1. The number of nitrogens with zero attached hydrogens (tertiary/aromatic N) is 2. The Labute approximate surface area is 217 Å². The van der Waals surface area contributed by atoms with E-state index in [0.717, 1.165) is 15.6 Å². The summed E-state index contributed by atoms with van der Waals surface area (Å²) in [4.78, 5) is 22.9. The summed E-state index contributed by atoms with van der Waals surface area (Å²) in [5.74, 6) is 0.713. The average Bonchev–Trinajstić information content (AvgIpc) is 2.85. The summed E-state index contributed by atoms with van der Waals surface area (Å²) in [6.45, 7) is 6.53. The van der Waals surface area contributed by atoms with Crippen molar-refractivity contribution < 1.29 is 19.2 Å². The number of para-hydroxylation sites is 1. The quantitative estimate of drug-likeness (QED) is 0.133. The zero-order valence-corrected chi connectivity index (χ0v) is 21.4. The van der Waals surface area contributed by atoms with Crippen LogP contribution in [-0.2, 0) is 24.2 Å². The molecule has 186 valence electrons. The lowest BCUT2D eigenvalue weighted by molar-refractivity contribution is -0.385. The number of halogens is 1. The van der Waals surface area contributed by atoms with E-state index in [1.807, 2.05) is 37.3 Å². The van der Waals surface area contributed by atoms with Crippen molar-refractivity contribution in [2.75, 3.05) is 6.61 Å². The van der Waals surface area contributed by atoms with Crippen molar-refractivity contribution in [1.82, 2.24) is 5.43 Å². The van der Waals surface area contributed by atoms with Gasteiger partial charge in [0.15, 0.2) is 11.5 Å². The van der Waals surface area contributed by atoms with Gasteiger partial charge in [-0.2, -0.15) is 5.10 Å². The molecule has 1 N–H and O–H groups in total. The second-order valence-corrected chi connectivity index (χ2v) is 8.62. The maximum atomic E-state index is 12.3. The lowest BCUT2D eigenvalue weighted by atomic mass is 10.1. The Morgan fingerprint density at radius 1 is 1.14 bits per heavy atom. The molecule has 0 saturated carbocycles. The van der Waals surface area contributed by atoms with Crippen LogP contribution < -0.4 is 14.9 Å². The minimum absolute atomic E-state index is 0.106. The lowest BCUT2D eigenvalue weighted by Gasteiger charge is -2.17. The zero-order chi connectivity index (χ0) is 25.9. The SMILES string of the molecule is C=CCc1cc(/C=N/NC(=O)Cc2ccccc2[N+](=O)[O-])cc(OCC)c1OCc1ccc(Br)cc1. The molecule has 1 amide bonds. The van der Waals surface area contributed by atoms with E-state index in [-0.39, 0.29) is 12.1 Å². The first-order valence-electron chi connectivity index (χ1n) is 11.2. The van der Waals surface area contributed by atoms with Crippen LogP contribution in [0.1, 0.15) is 29.2 Å². The molecule has 0 unspecified atom stereocenters. The molecule has 0 fully saturated rings. The van der Waals surface area contributed by atoms with E-state index in [9.17, 15) is 14.9 Å². The van der Waals surface area contributed by atoms with E-state index in [4.69, 9.17) is 9.47 Å². The third-order valence-electron chi connectivity index (χ3n) is 5.06. The van der Waals surface area contributed by atoms with Crippen molar-refractivity contribution in [3.8, 4) is 11.5 Å². The molecule has 36 heavy (non-hydrogen) atoms. The van der Waals surface area contributed by atoms with Crippen LogP contribution >= 0.6 is 15.9 Å². The zero-order valence-electron chi connectivity index (χ0n) is 19.8. The third-order valence-corrected chi connectivity index (χ3v) is 5.59. The van der Waals surface area contributed by atoms with Crippen LogP contribution in [0.4, 0.5) is 5.69 Å². The van der Waals surface area contributed by atoms with Crippen molar-refractivity contribution in [2.45, 2.75) is 26.4 Å². The fraction of sp³-hybridized carbons (Fsp3) is 0.185. The van der Waals surface area contributed by atoms with Crippen LogP contribution in [0, 0.1) is 10.1 Å². The van der Waals surface area contributed by atoms with Crippen molar-refractivity contribution in [3.05, 3.63) is 110 Å². The van der Waals surface area contributed by atoms with Crippen LogP contribution in [0.25, 0.3) is 0 Å². The van der Waals surface area contributed by atoms with Gasteiger partial charge in [-0.1, -0.05) is 52.3 Å². The number of rotatable bonds is 12. The summed E-state index contributed by atoms with van der Waals surface area (Å²) >= 11 is 3.43. The highest BCUT2D eigenvalue weighted by molar-refractivity contribution is 9.10. The highest BCUT2D eigenvalue weighted by Crippen LogP contribution is 2.34. The average molecular weight is 552 g/mol. The molecule has 0 spiro atoms. The van der Waals surface area contributed by atoms with Crippen molar-refractivity contribution in [3.63, 3.8) is 0 Å². The van der Waals surface area contributed by atoms with Crippen LogP contribution in [0.5, 0.6) is 11.5 Å². The summed E-state index contributed by atoms with van der Waals surface area (Å²) in [7, 11) is 0. The molecule has 0 atom stereocenters. The first-order chi connectivity index (χ1) is 17.4. The Kier molecular flexibility index (Phi) is 9.76. The fourth-order valence-corrected chi connectivity index (χ4v) is 3.72. The number of carbonyl (C=O) groups excluding carboxylic acids is 1. The van der Waals surface area contributed by atoms with Gasteiger partial charge in [-0.15, -0.1) is 6.58 Å². The van der Waals surface area contributed by atoms with Gasteiger partial charge in [0, 0.05) is 21.7 Å². The number of hydrazone groups is 1. The van der Waals surface area contributed by atoms with Gasteiger partial charge in [0.2, 0.25) is 5.91 Å². The third kappa shape index (κ3) is 7.51. The summed E-state index contributed by atoms with van der Waals surface area (Å²) in [6.07, 6.45) is 3.64. The summed E-state index contributed by atoms with van der Waals surface area (Å²) in [6, 6.07) is 17.6. The van der Waals surface area contributed by atoms with Gasteiger partial charge in [-0.25, -0.2) is 5.43 Å². The van der Waals surface area contributed by atoms with Crippen molar-refractivity contribution >= 4 is 33.7 Å². The molecule has 0 bridgehead atoms. The monoisotopic (exact) mass is 551 g/mol. The van der Waals surface area contributed by atoms with Gasteiger partial charge >= 0.3 is 0 Å². The summed E-state index contributed by atoms with van der Waals surface area (Å²) < 4.78 is 13.0. The molecule has 3 aromatic carbocycles. The largest absolute Gasteiger partial charge is 0.490 e. The predicted octanol–water partition coefficient (Wildman–Crippen LogP) is 5.76. The topological polar surface area (TPSA) is 103 Å². The second kappa shape index (κ2) is 13.2. The molecule has 0 saturated heterocycles. The molecule has 0 aromatic heterocycles. The normalized spacial score (nSPS) is 10.7. The Morgan fingerprint density at radius 2 is 1.89 bits per heavy atom. The highest BCUT2D eigenvalue weighted by atomic mass is 79.9. The molecule has 0 radical (unpaired) electrons. The maximum Gasteiger partial charge on any atom is 0.273 e. The molecular formula is C27H26BrN3O5. The van der Waals surface area contributed by atoms with E-state index < -0.39 is 10.8 Å². The summed E-state index contributed by atoms with van der Waals surface area (Å²) in [5, 5.41) is 15.2. The van der Waals surface area contributed by atoms with Gasteiger partial charge in [-0.05, 0) is 48.7 Å². The molecule has 0 aliphatic heterocycles. The molecule has 3 rings (SSSR count). The van der Waals surface area contributed by atoms with Gasteiger partial charge in [0.05, 0.1) is 24.2 Å². The van der Waals surface area contributed by atoms with Gasteiger partial charge in [0.1, 0.15) is 6.61 Å². The Morgan fingerprint density at radius 3 is 2.58 bits per heavy atom. The Balaban J connectivity index is 1.75. The number of benzene rings is 3. The first-order valence-corrected chi connectivity index (χ1v) is 12.0. The number of nitro groups is 1.